The van der Waals surface area contributed by atoms with Crippen LogP contribution >= 0.6 is 0 Å². The van der Waals surface area contributed by atoms with Crippen LogP contribution in [0.4, 0.5) is 3.89 Å². The zero-order valence-corrected chi connectivity index (χ0v) is 9.92. The highest BCUT2D eigenvalue weighted by Gasteiger charge is 2.22. The van der Waals surface area contributed by atoms with Crippen molar-refractivity contribution < 1.29 is 20.7 Å². The first kappa shape index (κ1) is 13.1. The largest absolute Gasteiger partial charge is 0.309 e. The van der Waals surface area contributed by atoms with E-state index in [1.165, 1.54) is 18.2 Å². The van der Waals surface area contributed by atoms with Crippen molar-refractivity contribution in [1.29, 1.82) is 0 Å². The fourth-order valence-electron chi connectivity index (χ4n) is 1.11. The molecule has 1 unspecified atom stereocenters. The molecule has 2 N–H and O–H groups in total. The zero-order valence-electron chi connectivity index (χ0n) is 8.29. The molecule has 0 aliphatic rings. The normalized spacial score (nSPS) is 14.7. The Morgan fingerprint density at radius 1 is 1.25 bits per heavy atom. The molecule has 8 heteroatoms. The van der Waals surface area contributed by atoms with E-state index in [9.17, 15) is 20.7 Å². The minimum Gasteiger partial charge on any atom is -0.225 e. The van der Waals surface area contributed by atoms with Crippen LogP contribution < -0.4 is 5.14 Å². The summed E-state index contributed by atoms with van der Waals surface area (Å²) in [5, 5.41) is 3.44. The maximum Gasteiger partial charge on any atom is 0.309 e. The Hall–Kier alpha value is -0.990. The smallest absolute Gasteiger partial charge is 0.225 e. The molecule has 0 heterocycles. The summed E-state index contributed by atoms with van der Waals surface area (Å²) in [5.74, 6) is 0. The predicted octanol–water partition coefficient (Wildman–Crippen LogP) is 0.694. The molecular formula is C8H10FNO4S2. The summed E-state index contributed by atoms with van der Waals surface area (Å²) < 4.78 is 56.0. The fraction of sp³-hybridized carbons (Fsp3) is 0.250. The number of benzene rings is 1. The van der Waals surface area contributed by atoms with Gasteiger partial charge in [-0.3, -0.25) is 0 Å². The molecule has 0 bridgehead atoms. The summed E-state index contributed by atoms with van der Waals surface area (Å²) in [6.07, 6.45) is 0. The van der Waals surface area contributed by atoms with Crippen molar-refractivity contribution in [1.82, 2.24) is 0 Å². The monoisotopic (exact) mass is 267 g/mol. The van der Waals surface area contributed by atoms with Crippen LogP contribution in [0, 0.1) is 0 Å². The van der Waals surface area contributed by atoms with Gasteiger partial charge in [0.1, 0.15) is 5.25 Å². The lowest BCUT2D eigenvalue weighted by Gasteiger charge is -2.08. The van der Waals surface area contributed by atoms with Gasteiger partial charge < -0.3 is 0 Å². The number of sulfonamides is 1. The van der Waals surface area contributed by atoms with Crippen LogP contribution in [0.5, 0.6) is 0 Å². The van der Waals surface area contributed by atoms with E-state index in [0.29, 0.717) is 0 Å². The molecular weight excluding hydrogens is 257 g/mol. The lowest BCUT2D eigenvalue weighted by molar-refractivity contribution is 0.540. The van der Waals surface area contributed by atoms with Crippen molar-refractivity contribution in [3.05, 3.63) is 29.8 Å². The van der Waals surface area contributed by atoms with E-state index in [4.69, 9.17) is 5.14 Å². The summed E-state index contributed by atoms with van der Waals surface area (Å²) in [4.78, 5) is -0.250. The first-order valence-electron chi connectivity index (χ1n) is 4.18. The van der Waals surface area contributed by atoms with Gasteiger partial charge in [0, 0.05) is 0 Å². The van der Waals surface area contributed by atoms with Crippen LogP contribution in [0.15, 0.2) is 29.2 Å². The Bertz CT molecular complexity index is 594. The second-order valence-corrected chi connectivity index (χ2v) is 6.45. The predicted molar refractivity (Wildman–Crippen MR) is 56.3 cm³/mol. The Balaban J connectivity index is 3.30. The summed E-state index contributed by atoms with van der Waals surface area (Å²) in [6, 6.07) is 4.86. The van der Waals surface area contributed by atoms with Crippen molar-refractivity contribution in [3.63, 3.8) is 0 Å². The summed E-state index contributed by atoms with van der Waals surface area (Å²) in [5.41, 5.74) is 0.0361. The number of nitrogens with two attached hydrogens (primary N) is 1. The molecule has 16 heavy (non-hydrogen) atoms. The van der Waals surface area contributed by atoms with Gasteiger partial charge >= 0.3 is 10.2 Å². The second-order valence-electron chi connectivity index (χ2n) is 3.24. The Morgan fingerprint density at radius 3 is 2.25 bits per heavy atom. The summed E-state index contributed by atoms with van der Waals surface area (Å²) in [7, 11) is -8.68. The third-order valence-corrected chi connectivity index (χ3v) is 4.11. The topological polar surface area (TPSA) is 94.3 Å². The van der Waals surface area contributed by atoms with Crippen LogP contribution in [0.2, 0.25) is 0 Å². The van der Waals surface area contributed by atoms with E-state index in [-0.39, 0.29) is 10.5 Å². The molecule has 0 aromatic heterocycles. The lowest BCUT2D eigenvalue weighted by atomic mass is 10.2. The van der Waals surface area contributed by atoms with Crippen LogP contribution in [0.25, 0.3) is 0 Å². The Morgan fingerprint density at radius 2 is 1.81 bits per heavy atom. The summed E-state index contributed by atoms with van der Waals surface area (Å²) >= 11 is 0. The van der Waals surface area contributed by atoms with E-state index in [2.05, 4.69) is 0 Å². The molecule has 0 spiro atoms. The molecule has 5 nitrogen and oxygen atoms in total. The van der Waals surface area contributed by atoms with E-state index in [1.807, 2.05) is 0 Å². The van der Waals surface area contributed by atoms with Crippen molar-refractivity contribution >= 4 is 20.2 Å². The van der Waals surface area contributed by atoms with Crippen molar-refractivity contribution in [3.8, 4) is 0 Å². The zero-order chi connectivity index (χ0) is 12.6. The van der Waals surface area contributed by atoms with Gasteiger partial charge in [0.15, 0.2) is 0 Å². The van der Waals surface area contributed by atoms with Crippen LogP contribution in [0.1, 0.15) is 17.7 Å². The van der Waals surface area contributed by atoms with Crippen molar-refractivity contribution in [2.24, 2.45) is 5.14 Å². The van der Waals surface area contributed by atoms with Gasteiger partial charge in [-0.2, -0.15) is 8.42 Å². The highest BCUT2D eigenvalue weighted by Crippen LogP contribution is 2.24. The molecule has 1 aromatic carbocycles. The first-order valence-corrected chi connectivity index (χ1v) is 7.18. The fourth-order valence-corrected chi connectivity index (χ4v) is 2.15. The third kappa shape index (κ3) is 3.00. The maximum atomic E-state index is 12.7. The van der Waals surface area contributed by atoms with Gasteiger partial charge in [0.05, 0.1) is 4.90 Å². The van der Waals surface area contributed by atoms with Gasteiger partial charge in [-0.1, -0.05) is 12.1 Å². The molecule has 0 saturated carbocycles. The number of hydrogen-bond acceptors (Lipinski definition) is 4. The van der Waals surface area contributed by atoms with Gasteiger partial charge in [-0.15, -0.1) is 3.89 Å². The quantitative estimate of drug-likeness (QED) is 0.815. The molecule has 1 aromatic rings. The first-order chi connectivity index (χ1) is 7.12. The van der Waals surface area contributed by atoms with Gasteiger partial charge in [-0.25, -0.2) is 13.6 Å². The standard InChI is InChI=1S/C8H10FNO4S2/c1-6(15(9,11)12)7-3-2-4-8(5-7)16(10,13)14/h2-6H,1H3,(H2,10,13,14). The van der Waals surface area contributed by atoms with Gasteiger partial charge in [0.25, 0.3) is 0 Å². The average molecular weight is 267 g/mol. The Labute approximate surface area is 93.3 Å². The van der Waals surface area contributed by atoms with E-state index in [0.717, 1.165) is 13.0 Å². The SMILES string of the molecule is CC(c1cccc(S(N)(=O)=O)c1)S(=O)(=O)F. The van der Waals surface area contributed by atoms with Gasteiger partial charge in [0.2, 0.25) is 10.0 Å². The second kappa shape index (κ2) is 4.11. The highest BCUT2D eigenvalue weighted by atomic mass is 32.3. The molecule has 1 rings (SSSR count). The van der Waals surface area contributed by atoms with Crippen LogP contribution in [0.3, 0.4) is 0 Å². The molecule has 0 aliphatic carbocycles. The molecule has 0 fully saturated rings. The number of rotatable bonds is 3. The molecule has 0 aliphatic heterocycles. The van der Waals surface area contributed by atoms with E-state index >= 15 is 0 Å². The molecule has 1 atom stereocenters. The average Bonchev–Trinajstić information content (AvgIpc) is 2.14. The highest BCUT2D eigenvalue weighted by molar-refractivity contribution is 7.89. The van der Waals surface area contributed by atoms with Crippen LogP contribution in [-0.4, -0.2) is 16.8 Å². The molecule has 0 radical (unpaired) electrons. The van der Waals surface area contributed by atoms with Crippen molar-refractivity contribution in [2.75, 3.05) is 0 Å². The van der Waals surface area contributed by atoms with E-state index in [1.54, 1.807) is 0 Å². The van der Waals surface area contributed by atoms with E-state index < -0.39 is 25.5 Å². The molecule has 0 amide bonds. The molecule has 0 saturated heterocycles. The maximum absolute atomic E-state index is 12.7. The minimum absolute atomic E-state index is 0.0361. The minimum atomic E-state index is -4.75. The van der Waals surface area contributed by atoms with Gasteiger partial charge in [-0.05, 0) is 24.6 Å². The van der Waals surface area contributed by atoms with Crippen molar-refractivity contribution in [2.45, 2.75) is 17.1 Å². The molecule has 90 valence electrons. The third-order valence-electron chi connectivity index (χ3n) is 2.08. The number of halogens is 1. The van der Waals surface area contributed by atoms with Crippen LogP contribution in [-0.2, 0) is 20.2 Å². The Kier molecular flexibility index (Phi) is 3.36. The number of hydrogen-bond donors (Lipinski definition) is 1. The summed E-state index contributed by atoms with van der Waals surface area (Å²) in [6.45, 7) is 1.12. The number of primary sulfonamides is 1. The lowest BCUT2D eigenvalue weighted by Crippen LogP contribution is -2.13.